The molecular formula is C20H26ClNOS. The summed E-state index contributed by atoms with van der Waals surface area (Å²) in [5, 5.41) is 4.05. The SMILES string of the molecule is C[C@@H](NC(=O)CSc1ccccc1Cl)C12CC3CC(CC(C3)C1)C2. The number of carbonyl (C=O) groups is 1. The minimum Gasteiger partial charge on any atom is -0.352 e. The standard InChI is InChI=1S/C20H26ClNOS/c1-13(20-9-14-6-15(10-20)8-16(7-14)11-20)22-19(23)12-24-18-5-3-2-4-17(18)21/h2-5,13-16H,6-12H2,1H3,(H,22,23)/t13-,14?,15?,16?,20?/m1/s1. The summed E-state index contributed by atoms with van der Waals surface area (Å²) in [7, 11) is 0. The van der Waals surface area contributed by atoms with Crippen molar-refractivity contribution in [2.24, 2.45) is 23.2 Å². The van der Waals surface area contributed by atoms with Crippen molar-refractivity contribution in [2.45, 2.75) is 56.4 Å². The van der Waals surface area contributed by atoms with Gasteiger partial charge in [0.2, 0.25) is 5.91 Å². The maximum atomic E-state index is 12.5. The molecule has 1 N–H and O–H groups in total. The summed E-state index contributed by atoms with van der Waals surface area (Å²) >= 11 is 7.70. The maximum absolute atomic E-state index is 12.5. The Bertz CT molecular complexity index is 597. The van der Waals surface area contributed by atoms with Crippen molar-refractivity contribution in [3.05, 3.63) is 29.3 Å². The average molecular weight is 364 g/mol. The Morgan fingerprint density at radius 1 is 1.21 bits per heavy atom. The molecule has 130 valence electrons. The summed E-state index contributed by atoms with van der Waals surface area (Å²) in [4.78, 5) is 13.4. The molecule has 0 saturated heterocycles. The van der Waals surface area contributed by atoms with Crippen LogP contribution in [0.15, 0.2) is 29.2 Å². The highest BCUT2D eigenvalue weighted by molar-refractivity contribution is 8.00. The number of benzene rings is 1. The first-order valence-corrected chi connectivity index (χ1v) is 10.6. The number of rotatable bonds is 5. The second kappa shape index (κ2) is 6.57. The molecule has 1 amide bonds. The maximum Gasteiger partial charge on any atom is 0.230 e. The molecular weight excluding hydrogens is 338 g/mol. The smallest absolute Gasteiger partial charge is 0.230 e. The van der Waals surface area contributed by atoms with Crippen molar-refractivity contribution in [3.63, 3.8) is 0 Å². The Hall–Kier alpha value is -0.670. The van der Waals surface area contributed by atoms with Crippen LogP contribution < -0.4 is 5.32 Å². The molecule has 5 rings (SSSR count). The first-order valence-electron chi connectivity index (χ1n) is 9.21. The zero-order valence-corrected chi connectivity index (χ0v) is 15.8. The van der Waals surface area contributed by atoms with E-state index in [1.165, 1.54) is 50.3 Å². The summed E-state index contributed by atoms with van der Waals surface area (Å²) in [5.41, 5.74) is 0.374. The van der Waals surface area contributed by atoms with E-state index in [0.717, 1.165) is 27.7 Å². The van der Waals surface area contributed by atoms with Crippen LogP contribution in [0, 0.1) is 23.2 Å². The van der Waals surface area contributed by atoms with Crippen LogP contribution in [0.3, 0.4) is 0 Å². The van der Waals surface area contributed by atoms with Gasteiger partial charge in [-0.3, -0.25) is 4.79 Å². The molecule has 0 heterocycles. The second-order valence-electron chi connectivity index (χ2n) is 8.29. The van der Waals surface area contributed by atoms with Gasteiger partial charge in [-0.15, -0.1) is 11.8 Å². The van der Waals surface area contributed by atoms with Crippen molar-refractivity contribution in [3.8, 4) is 0 Å². The quantitative estimate of drug-likeness (QED) is 0.732. The molecule has 4 aliphatic carbocycles. The molecule has 24 heavy (non-hydrogen) atoms. The third-order valence-electron chi connectivity index (χ3n) is 6.58. The van der Waals surface area contributed by atoms with Gasteiger partial charge in [0.1, 0.15) is 0 Å². The number of carbonyl (C=O) groups excluding carboxylic acids is 1. The number of hydrogen-bond donors (Lipinski definition) is 1. The first-order chi connectivity index (χ1) is 11.5. The van der Waals surface area contributed by atoms with Crippen LogP contribution >= 0.6 is 23.4 Å². The topological polar surface area (TPSA) is 29.1 Å². The third-order valence-corrected chi connectivity index (χ3v) is 8.09. The van der Waals surface area contributed by atoms with Crippen molar-refractivity contribution in [1.82, 2.24) is 5.32 Å². The lowest BCUT2D eigenvalue weighted by molar-refractivity contribution is -0.123. The normalized spacial score (nSPS) is 35.0. The Balaban J connectivity index is 1.35. The van der Waals surface area contributed by atoms with E-state index in [1.54, 1.807) is 0 Å². The molecule has 4 saturated carbocycles. The molecule has 0 aliphatic heterocycles. The van der Waals surface area contributed by atoms with Gasteiger partial charge >= 0.3 is 0 Å². The van der Waals surface area contributed by atoms with Crippen LogP contribution in [0.1, 0.15) is 45.4 Å². The van der Waals surface area contributed by atoms with E-state index >= 15 is 0 Å². The van der Waals surface area contributed by atoms with Gasteiger partial charge in [-0.1, -0.05) is 23.7 Å². The molecule has 1 atom stereocenters. The molecule has 0 aromatic heterocycles. The van der Waals surface area contributed by atoms with Crippen LogP contribution in [0.25, 0.3) is 0 Å². The van der Waals surface area contributed by atoms with Crippen molar-refractivity contribution < 1.29 is 4.79 Å². The number of hydrogen-bond acceptors (Lipinski definition) is 2. The van der Waals surface area contributed by atoms with Gasteiger partial charge in [-0.2, -0.15) is 0 Å². The van der Waals surface area contributed by atoms with Gasteiger partial charge in [-0.05, 0) is 80.8 Å². The van der Waals surface area contributed by atoms with Crippen molar-refractivity contribution in [1.29, 1.82) is 0 Å². The molecule has 1 aromatic carbocycles. The summed E-state index contributed by atoms with van der Waals surface area (Å²) in [6.07, 6.45) is 8.33. The number of halogens is 1. The molecule has 0 unspecified atom stereocenters. The van der Waals surface area contributed by atoms with E-state index in [2.05, 4.69) is 12.2 Å². The third kappa shape index (κ3) is 3.22. The molecule has 4 heteroatoms. The van der Waals surface area contributed by atoms with Crippen LogP contribution in [0.2, 0.25) is 5.02 Å². The van der Waals surface area contributed by atoms with Crippen molar-refractivity contribution >= 4 is 29.3 Å². The fraction of sp³-hybridized carbons (Fsp3) is 0.650. The Morgan fingerprint density at radius 2 is 1.79 bits per heavy atom. The zero-order valence-electron chi connectivity index (χ0n) is 14.3. The van der Waals surface area contributed by atoms with Gasteiger partial charge in [0.15, 0.2) is 0 Å². The zero-order chi connectivity index (χ0) is 16.7. The van der Waals surface area contributed by atoms with Crippen LogP contribution in [0.4, 0.5) is 0 Å². The van der Waals surface area contributed by atoms with Gasteiger partial charge < -0.3 is 5.32 Å². The van der Waals surface area contributed by atoms with Crippen LogP contribution in [-0.4, -0.2) is 17.7 Å². The predicted octanol–water partition coefficient (Wildman–Crippen LogP) is 5.15. The Kier molecular flexibility index (Phi) is 4.59. The van der Waals surface area contributed by atoms with Crippen LogP contribution in [-0.2, 0) is 4.79 Å². The number of amides is 1. The highest BCUT2D eigenvalue weighted by Gasteiger charge is 2.53. The monoisotopic (exact) mass is 363 g/mol. The van der Waals surface area contributed by atoms with Gasteiger partial charge in [0.25, 0.3) is 0 Å². The molecule has 4 aliphatic rings. The minimum atomic E-state index is 0.142. The average Bonchev–Trinajstić information content (AvgIpc) is 2.53. The lowest BCUT2D eigenvalue weighted by atomic mass is 9.48. The molecule has 0 spiro atoms. The van der Waals surface area contributed by atoms with E-state index < -0.39 is 0 Å². The Morgan fingerprint density at radius 3 is 2.38 bits per heavy atom. The number of thioether (sulfide) groups is 1. The minimum absolute atomic E-state index is 0.142. The molecule has 2 nitrogen and oxygen atoms in total. The van der Waals surface area contributed by atoms with E-state index in [1.807, 2.05) is 24.3 Å². The fourth-order valence-electron chi connectivity index (χ4n) is 5.85. The summed E-state index contributed by atoms with van der Waals surface area (Å²) in [6, 6.07) is 8.03. The van der Waals surface area contributed by atoms with Gasteiger partial charge in [0.05, 0.1) is 10.8 Å². The number of nitrogens with one attached hydrogen (secondary N) is 1. The fourth-order valence-corrected chi connectivity index (χ4v) is 6.90. The highest BCUT2D eigenvalue weighted by Crippen LogP contribution is 2.61. The molecule has 4 bridgehead atoms. The van der Waals surface area contributed by atoms with Crippen molar-refractivity contribution in [2.75, 3.05) is 5.75 Å². The lowest BCUT2D eigenvalue weighted by Crippen LogP contribution is -2.56. The molecule has 4 fully saturated rings. The predicted molar refractivity (Wildman–Crippen MR) is 100 cm³/mol. The van der Waals surface area contributed by atoms with Gasteiger partial charge in [-0.25, -0.2) is 0 Å². The summed E-state index contributed by atoms with van der Waals surface area (Å²) in [6.45, 7) is 2.24. The van der Waals surface area contributed by atoms with Crippen LogP contribution in [0.5, 0.6) is 0 Å². The highest BCUT2D eigenvalue weighted by atomic mass is 35.5. The largest absolute Gasteiger partial charge is 0.352 e. The second-order valence-corrected chi connectivity index (χ2v) is 9.71. The lowest BCUT2D eigenvalue weighted by Gasteiger charge is -2.59. The van der Waals surface area contributed by atoms with Gasteiger partial charge in [0, 0.05) is 10.9 Å². The summed E-state index contributed by atoms with van der Waals surface area (Å²) in [5.74, 6) is 3.36. The Labute approximate surface area is 154 Å². The van der Waals surface area contributed by atoms with E-state index in [4.69, 9.17) is 11.6 Å². The van der Waals surface area contributed by atoms with E-state index in [-0.39, 0.29) is 5.91 Å². The van der Waals surface area contributed by atoms with E-state index in [9.17, 15) is 4.79 Å². The first kappa shape index (κ1) is 16.8. The summed E-state index contributed by atoms with van der Waals surface area (Å²) < 4.78 is 0. The van der Waals surface area contributed by atoms with E-state index in [0.29, 0.717) is 17.2 Å². The molecule has 0 radical (unpaired) electrons. The molecule has 1 aromatic rings.